The molecule has 0 aliphatic carbocycles. The number of nitrogens with two attached hydrogens (primary N) is 1. The summed E-state index contributed by atoms with van der Waals surface area (Å²) in [6, 6.07) is 0. The summed E-state index contributed by atoms with van der Waals surface area (Å²) in [5, 5.41) is 4.74. The van der Waals surface area contributed by atoms with Gasteiger partial charge in [-0.15, -0.1) is 0 Å². The summed E-state index contributed by atoms with van der Waals surface area (Å²) in [5.74, 6) is -0.149. The van der Waals surface area contributed by atoms with E-state index in [1.165, 1.54) is 0 Å². The lowest BCUT2D eigenvalue weighted by Gasteiger charge is -2.04. The van der Waals surface area contributed by atoms with Gasteiger partial charge >= 0.3 is 0 Å². The van der Waals surface area contributed by atoms with Crippen LogP contribution in [0.2, 0.25) is 0 Å². The van der Waals surface area contributed by atoms with Gasteiger partial charge in [-0.3, -0.25) is 0 Å². The Labute approximate surface area is 85.0 Å². The van der Waals surface area contributed by atoms with Crippen LogP contribution in [0.5, 0.6) is 0 Å². The molecule has 0 fully saturated rings. The van der Waals surface area contributed by atoms with Gasteiger partial charge in [0, 0.05) is 6.54 Å². The molecule has 0 saturated carbocycles. The Bertz CT molecular complexity index is 346. The van der Waals surface area contributed by atoms with Gasteiger partial charge < -0.3 is 0 Å². The van der Waals surface area contributed by atoms with Crippen molar-refractivity contribution < 1.29 is 16.8 Å². The first-order valence-electron chi connectivity index (χ1n) is 4.24. The minimum absolute atomic E-state index is 0.0579. The Morgan fingerprint density at radius 1 is 1.14 bits per heavy atom. The van der Waals surface area contributed by atoms with Gasteiger partial charge in [0.1, 0.15) is 0 Å². The lowest BCUT2D eigenvalue weighted by atomic mass is 10.5. The van der Waals surface area contributed by atoms with Gasteiger partial charge in [0.15, 0.2) is 0 Å². The fraction of sp³-hybridized carbons (Fsp3) is 1.00. The first-order valence-corrected chi connectivity index (χ1v) is 7.61. The minimum Gasteiger partial charge on any atom is -0.229 e. The summed E-state index contributed by atoms with van der Waals surface area (Å²) >= 11 is 0. The van der Waals surface area contributed by atoms with Crippen LogP contribution in [-0.2, 0) is 20.0 Å². The van der Waals surface area contributed by atoms with E-state index in [4.69, 9.17) is 5.14 Å². The van der Waals surface area contributed by atoms with E-state index in [0.717, 1.165) is 0 Å². The van der Waals surface area contributed by atoms with Gasteiger partial charge in [-0.25, -0.2) is 26.7 Å². The molecule has 0 aromatic rings. The maximum absolute atomic E-state index is 11.1. The summed E-state index contributed by atoms with van der Waals surface area (Å²) in [6.45, 7) is 1.86. The molecule has 0 rings (SSSR count). The van der Waals surface area contributed by atoms with E-state index in [9.17, 15) is 16.8 Å². The minimum atomic E-state index is -3.49. The largest absolute Gasteiger partial charge is 0.229 e. The Hall–Kier alpha value is -0.180. The van der Waals surface area contributed by atoms with Crippen molar-refractivity contribution in [1.29, 1.82) is 0 Å². The number of nitrogens with one attached hydrogen (secondary N) is 1. The highest BCUT2D eigenvalue weighted by Crippen LogP contribution is 1.90. The maximum Gasteiger partial charge on any atom is 0.211 e. The summed E-state index contributed by atoms with van der Waals surface area (Å²) in [5.41, 5.74) is 0. The van der Waals surface area contributed by atoms with Gasteiger partial charge in [0.05, 0.1) is 11.5 Å². The standard InChI is InChI=1S/C6H16N2O4S2/c1-2-5-14(11,12)8-4-3-6-13(7,9)10/h8H,2-6H2,1H3,(H2,7,9,10). The third kappa shape index (κ3) is 8.42. The van der Waals surface area contributed by atoms with Crippen molar-refractivity contribution in [3.63, 3.8) is 0 Å². The molecule has 0 atom stereocenters. The predicted octanol–water partition coefficient (Wildman–Crippen LogP) is -1.01. The Morgan fingerprint density at radius 2 is 1.71 bits per heavy atom. The van der Waals surface area contributed by atoms with Crippen LogP contribution < -0.4 is 9.86 Å². The normalized spacial score (nSPS) is 13.0. The second-order valence-electron chi connectivity index (χ2n) is 2.93. The van der Waals surface area contributed by atoms with Crippen molar-refractivity contribution >= 4 is 20.0 Å². The van der Waals surface area contributed by atoms with E-state index in [-0.39, 0.29) is 24.5 Å². The molecule has 0 amide bonds. The molecule has 86 valence electrons. The molecule has 0 aromatic carbocycles. The number of sulfonamides is 2. The third-order valence-corrected chi connectivity index (χ3v) is 3.85. The van der Waals surface area contributed by atoms with Gasteiger partial charge in [0.25, 0.3) is 0 Å². The molecule has 0 aliphatic heterocycles. The van der Waals surface area contributed by atoms with Crippen LogP contribution >= 0.6 is 0 Å². The van der Waals surface area contributed by atoms with E-state index in [2.05, 4.69) is 4.72 Å². The summed E-state index contributed by atoms with van der Waals surface area (Å²) in [4.78, 5) is 0. The molecule has 6 nitrogen and oxygen atoms in total. The van der Waals surface area contributed by atoms with Crippen molar-refractivity contribution in [2.45, 2.75) is 19.8 Å². The number of rotatable bonds is 7. The molecule has 0 spiro atoms. The topological polar surface area (TPSA) is 106 Å². The number of hydrogen-bond acceptors (Lipinski definition) is 4. The first-order chi connectivity index (χ1) is 6.27. The molecular formula is C6H16N2O4S2. The molecule has 0 unspecified atom stereocenters. The van der Waals surface area contributed by atoms with Crippen LogP contribution in [0.15, 0.2) is 0 Å². The van der Waals surface area contributed by atoms with Crippen LogP contribution in [0.1, 0.15) is 19.8 Å². The van der Waals surface area contributed by atoms with Crippen LogP contribution in [0.25, 0.3) is 0 Å². The van der Waals surface area contributed by atoms with E-state index < -0.39 is 20.0 Å². The molecule has 14 heavy (non-hydrogen) atoms. The van der Waals surface area contributed by atoms with Gasteiger partial charge in [-0.05, 0) is 12.8 Å². The molecule has 3 N–H and O–H groups in total. The van der Waals surface area contributed by atoms with Crippen LogP contribution in [-0.4, -0.2) is 34.9 Å². The van der Waals surface area contributed by atoms with E-state index in [0.29, 0.717) is 6.42 Å². The fourth-order valence-electron chi connectivity index (χ4n) is 0.842. The molecule has 0 aromatic heterocycles. The zero-order valence-corrected chi connectivity index (χ0v) is 9.70. The zero-order valence-electron chi connectivity index (χ0n) is 8.06. The van der Waals surface area contributed by atoms with E-state index in [1.54, 1.807) is 6.92 Å². The Morgan fingerprint density at radius 3 is 2.14 bits per heavy atom. The Kier molecular flexibility index (Phi) is 5.57. The highest BCUT2D eigenvalue weighted by molar-refractivity contribution is 7.89. The summed E-state index contributed by atoms with van der Waals surface area (Å²) in [7, 11) is -6.72. The lowest BCUT2D eigenvalue weighted by Crippen LogP contribution is -2.29. The quantitative estimate of drug-likeness (QED) is 0.560. The van der Waals surface area contributed by atoms with Crippen LogP contribution in [0.3, 0.4) is 0 Å². The summed E-state index contributed by atoms with van der Waals surface area (Å²) < 4.78 is 45.4. The van der Waals surface area contributed by atoms with Crippen molar-refractivity contribution in [3.05, 3.63) is 0 Å². The number of hydrogen-bond donors (Lipinski definition) is 2. The second-order valence-corrected chi connectivity index (χ2v) is 6.59. The molecular weight excluding hydrogens is 228 g/mol. The van der Waals surface area contributed by atoms with E-state index >= 15 is 0 Å². The maximum atomic E-state index is 11.1. The van der Waals surface area contributed by atoms with Gasteiger partial charge in [0.2, 0.25) is 20.0 Å². The van der Waals surface area contributed by atoms with Crippen molar-refractivity contribution in [1.82, 2.24) is 4.72 Å². The smallest absolute Gasteiger partial charge is 0.211 e. The average molecular weight is 244 g/mol. The molecule has 0 heterocycles. The number of primary sulfonamides is 1. The Balaban J connectivity index is 3.76. The highest BCUT2D eigenvalue weighted by atomic mass is 32.2. The molecule has 8 heteroatoms. The van der Waals surface area contributed by atoms with Gasteiger partial charge in [-0.1, -0.05) is 6.92 Å². The highest BCUT2D eigenvalue weighted by Gasteiger charge is 2.08. The molecule has 0 bridgehead atoms. The fourth-order valence-corrected chi connectivity index (χ4v) is 2.53. The van der Waals surface area contributed by atoms with Crippen molar-refractivity contribution in [2.75, 3.05) is 18.1 Å². The second kappa shape index (κ2) is 5.64. The van der Waals surface area contributed by atoms with Crippen molar-refractivity contribution in [3.8, 4) is 0 Å². The lowest BCUT2D eigenvalue weighted by molar-refractivity contribution is 0.575. The van der Waals surface area contributed by atoms with E-state index in [1.807, 2.05) is 0 Å². The third-order valence-electron chi connectivity index (χ3n) is 1.40. The monoisotopic (exact) mass is 244 g/mol. The van der Waals surface area contributed by atoms with Gasteiger partial charge in [-0.2, -0.15) is 0 Å². The zero-order chi connectivity index (χ0) is 11.2. The predicted molar refractivity (Wildman–Crippen MR) is 54.7 cm³/mol. The molecule has 0 radical (unpaired) electrons. The molecule has 0 saturated heterocycles. The van der Waals surface area contributed by atoms with Crippen LogP contribution in [0.4, 0.5) is 0 Å². The first kappa shape index (κ1) is 13.8. The average Bonchev–Trinajstić information content (AvgIpc) is 1.96. The van der Waals surface area contributed by atoms with Crippen molar-refractivity contribution in [2.24, 2.45) is 5.14 Å². The van der Waals surface area contributed by atoms with Crippen LogP contribution in [0, 0.1) is 0 Å². The SMILES string of the molecule is CCCS(=O)(=O)NCCCS(N)(=O)=O. The molecule has 0 aliphatic rings. The summed E-state index contributed by atoms with van der Waals surface area (Å²) in [6.07, 6.45) is 0.728.